The van der Waals surface area contributed by atoms with E-state index in [-0.39, 0.29) is 36.4 Å². The third kappa shape index (κ3) is 11.5. The van der Waals surface area contributed by atoms with Crippen LogP contribution in [0.4, 0.5) is 13.2 Å². The van der Waals surface area contributed by atoms with Crippen molar-refractivity contribution >= 4 is 17.7 Å². The quantitative estimate of drug-likeness (QED) is 0.548. The third-order valence-electron chi connectivity index (χ3n) is 1.36. The van der Waals surface area contributed by atoms with E-state index in [0.29, 0.717) is 13.2 Å². The van der Waals surface area contributed by atoms with Gasteiger partial charge in [0.15, 0.2) is 0 Å². The van der Waals surface area contributed by atoms with Crippen LogP contribution >= 0.6 is 11.8 Å². The molecule has 90 valence electrons. The predicted octanol–water partition coefficient (Wildman–Crippen LogP) is 1.78. The molecular formula is C8H14F3NO2S. The van der Waals surface area contributed by atoms with Gasteiger partial charge < -0.3 is 10.1 Å². The molecular weight excluding hydrogens is 231 g/mol. The number of carbonyl (C=O) groups is 1. The fraction of sp³-hybridized carbons (Fsp3) is 0.875. The molecule has 15 heavy (non-hydrogen) atoms. The van der Waals surface area contributed by atoms with E-state index in [1.54, 1.807) is 6.92 Å². The van der Waals surface area contributed by atoms with Crippen molar-refractivity contribution in [2.75, 3.05) is 25.4 Å². The number of esters is 1. The van der Waals surface area contributed by atoms with E-state index >= 15 is 0 Å². The lowest BCUT2D eigenvalue weighted by Crippen LogP contribution is -2.22. The van der Waals surface area contributed by atoms with Crippen LogP contribution in [0.15, 0.2) is 0 Å². The normalized spacial score (nSPS) is 11.5. The van der Waals surface area contributed by atoms with Crippen LogP contribution in [0, 0.1) is 0 Å². The zero-order valence-electron chi connectivity index (χ0n) is 8.39. The Bertz CT molecular complexity index is 187. The summed E-state index contributed by atoms with van der Waals surface area (Å²) in [5.74, 6) is -0.389. The summed E-state index contributed by atoms with van der Waals surface area (Å²) in [5.41, 5.74) is -4.18. The van der Waals surface area contributed by atoms with Crippen molar-refractivity contribution in [1.29, 1.82) is 0 Å². The molecule has 0 aliphatic rings. The second kappa shape index (κ2) is 7.81. The molecule has 0 aliphatic carbocycles. The number of nitrogens with one attached hydrogen (secondary N) is 1. The largest absolute Gasteiger partial charge is 0.466 e. The summed E-state index contributed by atoms with van der Waals surface area (Å²) in [6.07, 6.45) is 0.185. The molecule has 0 saturated heterocycles. The summed E-state index contributed by atoms with van der Waals surface area (Å²) >= 11 is -0.0760. The molecule has 1 N–H and O–H groups in total. The fourth-order valence-corrected chi connectivity index (χ4v) is 1.27. The molecule has 0 rings (SSSR count). The molecule has 0 bridgehead atoms. The maximum absolute atomic E-state index is 11.7. The number of carbonyl (C=O) groups excluding carboxylic acids is 1. The van der Waals surface area contributed by atoms with E-state index < -0.39 is 5.51 Å². The van der Waals surface area contributed by atoms with Crippen molar-refractivity contribution in [2.45, 2.75) is 18.9 Å². The van der Waals surface area contributed by atoms with Gasteiger partial charge in [0.25, 0.3) is 0 Å². The Morgan fingerprint density at radius 1 is 1.40 bits per heavy atom. The van der Waals surface area contributed by atoms with Gasteiger partial charge in [-0.15, -0.1) is 0 Å². The molecule has 0 aromatic heterocycles. The topological polar surface area (TPSA) is 38.3 Å². The minimum absolute atomic E-state index is 0.0493. The van der Waals surface area contributed by atoms with E-state index in [9.17, 15) is 18.0 Å². The zero-order chi connectivity index (χ0) is 11.7. The van der Waals surface area contributed by atoms with Crippen LogP contribution in [0.25, 0.3) is 0 Å². The van der Waals surface area contributed by atoms with Gasteiger partial charge in [0.1, 0.15) is 0 Å². The highest BCUT2D eigenvalue weighted by Gasteiger charge is 2.27. The standard InChI is InChI=1S/C8H14F3NO2S/c1-2-14-7(13)3-4-12-5-6-15-8(9,10)11/h12H,2-6H2,1H3. The number of hydrogen-bond donors (Lipinski definition) is 1. The van der Waals surface area contributed by atoms with E-state index in [1.807, 2.05) is 0 Å². The second-order valence-electron chi connectivity index (χ2n) is 2.60. The maximum Gasteiger partial charge on any atom is 0.441 e. The first-order valence-corrected chi connectivity index (χ1v) is 5.51. The van der Waals surface area contributed by atoms with Crippen molar-refractivity contribution in [1.82, 2.24) is 5.32 Å². The number of halogens is 3. The first kappa shape index (κ1) is 14.6. The number of thioether (sulfide) groups is 1. The van der Waals surface area contributed by atoms with Gasteiger partial charge >= 0.3 is 11.5 Å². The van der Waals surface area contributed by atoms with Gasteiger partial charge in [0, 0.05) is 18.8 Å². The molecule has 0 fully saturated rings. The van der Waals surface area contributed by atoms with Crippen molar-refractivity contribution in [3.8, 4) is 0 Å². The summed E-state index contributed by atoms with van der Waals surface area (Å²) in [6.45, 7) is 2.59. The molecule has 0 radical (unpaired) electrons. The van der Waals surface area contributed by atoms with E-state index in [4.69, 9.17) is 0 Å². The van der Waals surface area contributed by atoms with E-state index in [0.717, 1.165) is 0 Å². The number of ether oxygens (including phenoxy) is 1. The molecule has 0 spiro atoms. The number of rotatable bonds is 7. The van der Waals surface area contributed by atoms with E-state index in [1.165, 1.54) is 0 Å². The van der Waals surface area contributed by atoms with Gasteiger partial charge in [-0.2, -0.15) is 13.2 Å². The molecule has 3 nitrogen and oxygen atoms in total. The van der Waals surface area contributed by atoms with E-state index in [2.05, 4.69) is 10.1 Å². The zero-order valence-corrected chi connectivity index (χ0v) is 9.21. The van der Waals surface area contributed by atoms with Crippen molar-refractivity contribution in [3.05, 3.63) is 0 Å². The lowest BCUT2D eigenvalue weighted by atomic mass is 10.4. The maximum atomic E-state index is 11.7. The van der Waals surface area contributed by atoms with Gasteiger partial charge in [-0.25, -0.2) is 0 Å². The summed E-state index contributed by atoms with van der Waals surface area (Å²) in [6, 6.07) is 0. The van der Waals surface area contributed by atoms with Crippen LogP contribution in [0.1, 0.15) is 13.3 Å². The first-order valence-electron chi connectivity index (χ1n) is 4.52. The molecule has 0 heterocycles. The van der Waals surface area contributed by atoms with Crippen LogP contribution < -0.4 is 5.32 Å². The van der Waals surface area contributed by atoms with Gasteiger partial charge in [0.2, 0.25) is 0 Å². The lowest BCUT2D eigenvalue weighted by Gasteiger charge is -2.06. The third-order valence-corrected chi connectivity index (χ3v) is 2.09. The Morgan fingerprint density at radius 3 is 2.60 bits per heavy atom. The highest BCUT2D eigenvalue weighted by Crippen LogP contribution is 2.29. The summed E-state index contributed by atoms with van der Waals surface area (Å²) in [7, 11) is 0. The Hall–Kier alpha value is -0.430. The Balaban J connectivity index is 3.22. The average molecular weight is 245 g/mol. The Morgan fingerprint density at radius 2 is 2.07 bits per heavy atom. The summed E-state index contributed by atoms with van der Waals surface area (Å²) in [4.78, 5) is 10.8. The SMILES string of the molecule is CCOC(=O)CCNCCSC(F)(F)F. The summed E-state index contributed by atoms with van der Waals surface area (Å²) < 4.78 is 39.6. The molecule has 0 amide bonds. The van der Waals surface area contributed by atoms with Gasteiger partial charge in [-0.1, -0.05) is 0 Å². The predicted molar refractivity (Wildman–Crippen MR) is 52.6 cm³/mol. The minimum Gasteiger partial charge on any atom is -0.466 e. The smallest absolute Gasteiger partial charge is 0.441 e. The lowest BCUT2D eigenvalue weighted by molar-refractivity contribution is -0.142. The first-order chi connectivity index (χ1) is 6.95. The van der Waals surface area contributed by atoms with Gasteiger partial charge in [0.05, 0.1) is 13.0 Å². The number of hydrogen-bond acceptors (Lipinski definition) is 4. The minimum atomic E-state index is -4.18. The Labute approximate surface area is 90.7 Å². The second-order valence-corrected chi connectivity index (χ2v) is 3.76. The monoisotopic (exact) mass is 245 g/mol. The fourth-order valence-electron chi connectivity index (χ4n) is 0.788. The highest BCUT2D eigenvalue weighted by molar-refractivity contribution is 8.00. The molecule has 0 atom stereocenters. The van der Waals surface area contributed by atoms with Crippen molar-refractivity contribution < 1.29 is 22.7 Å². The van der Waals surface area contributed by atoms with Crippen LogP contribution in [-0.4, -0.2) is 36.9 Å². The average Bonchev–Trinajstić information content (AvgIpc) is 2.09. The molecule has 0 unspecified atom stereocenters. The Kier molecular flexibility index (Phi) is 7.59. The molecule has 0 saturated carbocycles. The summed E-state index contributed by atoms with van der Waals surface area (Å²) in [5, 5.41) is 2.73. The molecule has 0 aliphatic heterocycles. The van der Waals surface area contributed by atoms with Crippen LogP contribution in [0.5, 0.6) is 0 Å². The number of alkyl halides is 3. The highest BCUT2D eigenvalue weighted by atomic mass is 32.2. The molecule has 7 heteroatoms. The van der Waals surface area contributed by atoms with Crippen LogP contribution in [0.2, 0.25) is 0 Å². The molecule has 0 aromatic carbocycles. The van der Waals surface area contributed by atoms with Gasteiger partial charge in [-0.3, -0.25) is 4.79 Å². The van der Waals surface area contributed by atoms with Crippen molar-refractivity contribution in [2.24, 2.45) is 0 Å². The molecule has 0 aromatic rings. The van der Waals surface area contributed by atoms with Crippen LogP contribution in [0.3, 0.4) is 0 Å². The van der Waals surface area contributed by atoms with Crippen molar-refractivity contribution in [3.63, 3.8) is 0 Å². The van der Waals surface area contributed by atoms with Crippen LogP contribution in [-0.2, 0) is 9.53 Å². The van der Waals surface area contributed by atoms with Gasteiger partial charge in [-0.05, 0) is 18.7 Å².